The van der Waals surface area contributed by atoms with Crippen LogP contribution in [-0.2, 0) is 9.59 Å². The first kappa shape index (κ1) is 42.7. The Morgan fingerprint density at radius 3 is 1.36 bits per heavy atom. The lowest BCUT2D eigenvalue weighted by Crippen LogP contribution is -2.52. The molecule has 0 bridgehead atoms. The van der Waals surface area contributed by atoms with Crippen molar-refractivity contribution in [1.29, 1.82) is 0 Å². The average molecular weight is 755 g/mol. The van der Waals surface area contributed by atoms with Gasteiger partial charge in [0.2, 0.25) is 11.1 Å². The zero-order valence-corrected chi connectivity index (χ0v) is 34.0. The molecule has 3 N–H and O–H groups in total. The number of hydrogen-bond acceptors (Lipinski definition) is 9. The van der Waals surface area contributed by atoms with Crippen molar-refractivity contribution < 1.29 is 19.1 Å². The van der Waals surface area contributed by atoms with Gasteiger partial charge in [0.05, 0.1) is 23.6 Å². The Balaban J connectivity index is 0.000000216. The third-order valence-electron chi connectivity index (χ3n) is 10.6. The van der Waals surface area contributed by atoms with E-state index in [1.54, 1.807) is 6.92 Å². The van der Waals surface area contributed by atoms with Crippen LogP contribution in [0.3, 0.4) is 0 Å². The van der Waals surface area contributed by atoms with E-state index in [1.807, 2.05) is 6.07 Å². The normalized spacial score (nSPS) is 24.0. The van der Waals surface area contributed by atoms with Gasteiger partial charge >= 0.3 is 0 Å². The number of hydrogen-bond donors (Lipinski definition) is 2. The summed E-state index contributed by atoms with van der Waals surface area (Å²) in [5.74, 6) is 2.11. The molecule has 6 rings (SSSR count). The zero-order chi connectivity index (χ0) is 38.3. The molecule has 4 aliphatic rings. The molecule has 0 spiro atoms. The molecular weight excluding hydrogens is 688 g/mol. The highest BCUT2D eigenvalue weighted by Gasteiger charge is 2.30. The molecule has 53 heavy (non-hydrogen) atoms. The third kappa shape index (κ3) is 14.3. The molecule has 2 saturated heterocycles. The zero-order valence-electron chi connectivity index (χ0n) is 33.3. The maximum absolute atomic E-state index is 11.2. The maximum Gasteiger partial charge on any atom is 0.218 e. The molecule has 4 fully saturated rings. The Morgan fingerprint density at radius 1 is 0.642 bits per heavy atom. The largest absolute Gasteiger partial charge is 0.489 e. The van der Waals surface area contributed by atoms with Gasteiger partial charge in [-0.25, -0.2) is 0 Å². The summed E-state index contributed by atoms with van der Waals surface area (Å²) in [5.41, 5.74) is 8.50. The van der Waals surface area contributed by atoms with E-state index in [9.17, 15) is 9.59 Å². The van der Waals surface area contributed by atoms with Crippen molar-refractivity contribution in [2.24, 2.45) is 5.73 Å². The molecule has 2 aliphatic carbocycles. The second-order valence-electron chi connectivity index (χ2n) is 15.6. The van der Waals surface area contributed by atoms with Gasteiger partial charge in [-0.15, -0.1) is 0 Å². The van der Waals surface area contributed by atoms with Crippen LogP contribution in [0.25, 0.3) is 0 Å². The van der Waals surface area contributed by atoms with Crippen molar-refractivity contribution in [2.45, 2.75) is 129 Å². The van der Waals surface area contributed by atoms with Crippen molar-refractivity contribution >= 4 is 34.1 Å². The second kappa shape index (κ2) is 21.7. The number of nitrogens with two attached hydrogens (primary N) is 1. The van der Waals surface area contributed by atoms with Gasteiger partial charge in [0.15, 0.2) is 0 Å². The van der Waals surface area contributed by atoms with Crippen LogP contribution in [0.2, 0.25) is 0 Å². The average Bonchev–Trinajstić information content (AvgIpc) is 3.12. The number of piperazine rings is 2. The lowest BCUT2D eigenvalue weighted by molar-refractivity contribution is -0.120. The van der Waals surface area contributed by atoms with Gasteiger partial charge in [-0.1, -0.05) is 24.3 Å². The molecule has 0 atom stereocenters. The quantitative estimate of drug-likeness (QED) is 0.272. The monoisotopic (exact) mass is 754 g/mol. The van der Waals surface area contributed by atoms with E-state index in [2.05, 4.69) is 107 Å². The first-order valence-corrected chi connectivity index (χ1v) is 20.5. The van der Waals surface area contributed by atoms with E-state index in [-0.39, 0.29) is 23.4 Å². The number of benzene rings is 2. The van der Waals surface area contributed by atoms with Gasteiger partial charge in [-0.05, 0) is 115 Å². The number of carbonyl (C=O) groups is 2. The number of rotatable bonds is 9. The molecule has 296 valence electrons. The highest BCUT2D eigenvalue weighted by atomic mass is 35.5. The first-order chi connectivity index (χ1) is 25.4. The minimum absolute atomic E-state index is 0.101. The van der Waals surface area contributed by atoms with E-state index in [0.717, 1.165) is 82.7 Å². The fraction of sp³-hybridized carbons (Fsp3) is 0.667. The summed E-state index contributed by atoms with van der Waals surface area (Å²) >= 11 is 4.64. The molecule has 2 aromatic carbocycles. The fourth-order valence-electron chi connectivity index (χ4n) is 8.14. The minimum atomic E-state index is -0.361. The predicted molar refractivity (Wildman–Crippen MR) is 219 cm³/mol. The van der Waals surface area contributed by atoms with Crippen LogP contribution < -0.4 is 30.3 Å². The number of ether oxygens (including phenoxy) is 2. The van der Waals surface area contributed by atoms with Gasteiger partial charge in [0, 0.05) is 90.4 Å². The van der Waals surface area contributed by atoms with Crippen LogP contribution >= 0.6 is 11.6 Å². The summed E-state index contributed by atoms with van der Waals surface area (Å²) in [6.45, 7) is 20.0. The smallest absolute Gasteiger partial charge is 0.218 e. The summed E-state index contributed by atoms with van der Waals surface area (Å²) in [6.07, 6.45) is 9.93. The van der Waals surface area contributed by atoms with E-state index < -0.39 is 0 Å². The maximum atomic E-state index is 11.2. The Morgan fingerprint density at radius 2 is 1.00 bits per heavy atom. The summed E-state index contributed by atoms with van der Waals surface area (Å²) in [7, 11) is 0. The van der Waals surface area contributed by atoms with E-state index in [1.165, 1.54) is 56.8 Å². The number of para-hydroxylation sites is 4. The number of nitrogens with one attached hydrogen (secondary N) is 1. The number of nitrogens with zero attached hydrogens (tertiary/aromatic N) is 4. The van der Waals surface area contributed by atoms with Crippen molar-refractivity contribution in [2.75, 3.05) is 62.2 Å². The van der Waals surface area contributed by atoms with Gasteiger partial charge in [0.25, 0.3) is 0 Å². The topological polar surface area (TPSA) is 104 Å². The SMILES string of the molecule is CC(=O)Cl.CC(=O)NC1CCC(N2CCN(c3ccccc3OC(C)C)CC2)CC1.CC(C)Oc1ccccc1N1CCN(C2CCC(N)CC2)CC1. The molecule has 0 aromatic heterocycles. The van der Waals surface area contributed by atoms with Crippen molar-refractivity contribution in [1.82, 2.24) is 15.1 Å². The van der Waals surface area contributed by atoms with Crippen molar-refractivity contribution in [3.8, 4) is 11.5 Å². The number of amides is 1. The van der Waals surface area contributed by atoms with Crippen LogP contribution in [0.15, 0.2) is 48.5 Å². The highest BCUT2D eigenvalue weighted by Crippen LogP contribution is 2.33. The Bertz CT molecular complexity index is 1380. The molecule has 2 heterocycles. The van der Waals surface area contributed by atoms with Crippen molar-refractivity contribution in [3.05, 3.63) is 48.5 Å². The fourth-order valence-corrected chi connectivity index (χ4v) is 8.14. The number of carbonyl (C=O) groups excluding carboxylic acids is 2. The predicted octanol–water partition coefficient (Wildman–Crippen LogP) is 6.68. The van der Waals surface area contributed by atoms with Crippen LogP contribution in [0.1, 0.15) is 92.9 Å². The molecular formula is C42H67ClN6O4. The van der Waals surface area contributed by atoms with Gasteiger partial charge in [-0.2, -0.15) is 0 Å². The second-order valence-corrected chi connectivity index (χ2v) is 16.1. The Kier molecular flexibility index (Phi) is 17.5. The molecule has 1 amide bonds. The van der Waals surface area contributed by atoms with Crippen LogP contribution in [0.5, 0.6) is 11.5 Å². The summed E-state index contributed by atoms with van der Waals surface area (Å²) in [6, 6.07) is 19.1. The Labute approximate surface area is 324 Å². The number of anilines is 2. The van der Waals surface area contributed by atoms with E-state index in [0.29, 0.717) is 18.1 Å². The van der Waals surface area contributed by atoms with Crippen LogP contribution in [-0.4, -0.2) is 110 Å². The first-order valence-electron chi connectivity index (χ1n) is 20.1. The van der Waals surface area contributed by atoms with Crippen LogP contribution in [0, 0.1) is 0 Å². The molecule has 0 unspecified atom stereocenters. The summed E-state index contributed by atoms with van der Waals surface area (Å²) < 4.78 is 12.0. The lowest BCUT2D eigenvalue weighted by Gasteiger charge is -2.43. The highest BCUT2D eigenvalue weighted by molar-refractivity contribution is 6.62. The van der Waals surface area contributed by atoms with E-state index >= 15 is 0 Å². The molecule has 2 aliphatic heterocycles. The van der Waals surface area contributed by atoms with Crippen molar-refractivity contribution in [3.63, 3.8) is 0 Å². The molecule has 2 saturated carbocycles. The third-order valence-corrected chi connectivity index (χ3v) is 10.6. The van der Waals surface area contributed by atoms with Gasteiger partial charge in [0.1, 0.15) is 11.5 Å². The molecule has 2 aromatic rings. The summed E-state index contributed by atoms with van der Waals surface area (Å²) in [5, 5.41) is 2.71. The van der Waals surface area contributed by atoms with E-state index in [4.69, 9.17) is 15.2 Å². The van der Waals surface area contributed by atoms with Crippen LogP contribution in [0.4, 0.5) is 11.4 Å². The van der Waals surface area contributed by atoms with Gasteiger partial charge in [-0.3, -0.25) is 19.4 Å². The number of halogens is 1. The van der Waals surface area contributed by atoms with Gasteiger partial charge < -0.3 is 30.3 Å². The lowest BCUT2D eigenvalue weighted by atomic mass is 9.89. The molecule has 0 radical (unpaired) electrons. The minimum Gasteiger partial charge on any atom is -0.489 e. The standard InChI is InChI=1S/C21H33N3O2.C19H31N3O.C2H3ClO/c1-16(2)26-21-7-5-4-6-20(21)24-14-12-23(13-15-24)19-10-8-18(9-11-19)22-17(3)25;1-15(2)23-19-6-4-3-5-18(19)22-13-11-21(12-14-22)17-9-7-16(20)8-10-17;1-2(3)4/h4-7,16,18-19H,8-15H2,1-3H3,(H,22,25);3-6,15-17H,7-14,20H2,1-2H3;1H3. The molecule has 10 nitrogen and oxygen atoms in total. The summed E-state index contributed by atoms with van der Waals surface area (Å²) in [4.78, 5) is 30.7. The Hall–Kier alpha value is -3.05. The molecule has 11 heteroatoms.